The Balaban J connectivity index is 1.93. The van der Waals surface area contributed by atoms with E-state index in [9.17, 15) is 9.59 Å². The average molecular weight is 397 g/mol. The van der Waals surface area contributed by atoms with E-state index in [1.165, 1.54) is 16.7 Å². The molecule has 3 nitrogen and oxygen atoms in total. The van der Waals surface area contributed by atoms with Crippen molar-refractivity contribution < 1.29 is 9.59 Å². The molecular formula is C16H11BrClNO2S. The summed E-state index contributed by atoms with van der Waals surface area (Å²) in [5.74, 6) is -0.136. The SMILES string of the molecule is O=C1CS[C@H](c2ccc(Cl)cc2)C(=O)N1c1ccc(Br)cc1. The van der Waals surface area contributed by atoms with Crippen molar-refractivity contribution in [1.82, 2.24) is 0 Å². The first kappa shape index (κ1) is 15.6. The Morgan fingerprint density at radius 1 is 1.05 bits per heavy atom. The number of halogens is 2. The minimum atomic E-state index is -0.390. The lowest BCUT2D eigenvalue weighted by Gasteiger charge is -2.30. The Labute approximate surface area is 145 Å². The van der Waals surface area contributed by atoms with Crippen molar-refractivity contribution in [2.45, 2.75) is 5.25 Å². The third kappa shape index (κ3) is 3.07. The van der Waals surface area contributed by atoms with Crippen LogP contribution < -0.4 is 4.90 Å². The maximum Gasteiger partial charge on any atom is 0.251 e. The van der Waals surface area contributed by atoms with Crippen molar-refractivity contribution in [3.05, 3.63) is 63.6 Å². The molecule has 1 atom stereocenters. The summed E-state index contributed by atoms with van der Waals surface area (Å²) >= 11 is 10.6. The van der Waals surface area contributed by atoms with Gasteiger partial charge in [0.2, 0.25) is 5.91 Å². The molecule has 0 saturated carbocycles. The summed E-state index contributed by atoms with van der Waals surface area (Å²) in [4.78, 5) is 26.2. The molecule has 1 aliphatic rings. The fraction of sp³-hybridized carbons (Fsp3) is 0.125. The van der Waals surface area contributed by atoms with Gasteiger partial charge < -0.3 is 0 Å². The van der Waals surface area contributed by atoms with Gasteiger partial charge in [0.15, 0.2) is 0 Å². The lowest BCUT2D eigenvalue weighted by Crippen LogP contribution is -2.44. The van der Waals surface area contributed by atoms with E-state index in [1.54, 1.807) is 24.3 Å². The predicted octanol–water partition coefficient (Wildman–Crippen LogP) is 4.45. The van der Waals surface area contributed by atoms with Crippen LogP contribution in [0.1, 0.15) is 10.8 Å². The Morgan fingerprint density at radius 2 is 1.68 bits per heavy atom. The highest BCUT2D eigenvalue weighted by Crippen LogP contribution is 2.37. The van der Waals surface area contributed by atoms with E-state index in [4.69, 9.17) is 11.6 Å². The highest BCUT2D eigenvalue weighted by atomic mass is 79.9. The van der Waals surface area contributed by atoms with Crippen LogP contribution in [0, 0.1) is 0 Å². The molecule has 0 N–H and O–H groups in total. The van der Waals surface area contributed by atoms with Gasteiger partial charge in [-0.25, -0.2) is 4.90 Å². The highest BCUT2D eigenvalue weighted by Gasteiger charge is 2.36. The summed E-state index contributed by atoms with van der Waals surface area (Å²) in [6, 6.07) is 14.3. The van der Waals surface area contributed by atoms with Crippen LogP contribution in [0.4, 0.5) is 5.69 Å². The fourth-order valence-electron chi connectivity index (χ4n) is 2.27. The smallest absolute Gasteiger partial charge is 0.251 e. The molecule has 2 aromatic rings. The lowest BCUT2D eigenvalue weighted by atomic mass is 10.1. The molecule has 0 aliphatic carbocycles. The molecule has 22 heavy (non-hydrogen) atoms. The quantitative estimate of drug-likeness (QED) is 0.704. The second-order valence-electron chi connectivity index (χ2n) is 4.79. The number of amides is 2. The van der Waals surface area contributed by atoms with Crippen LogP contribution in [0.25, 0.3) is 0 Å². The third-order valence-electron chi connectivity index (χ3n) is 3.33. The maximum absolute atomic E-state index is 12.7. The fourth-order valence-corrected chi connectivity index (χ4v) is 3.69. The Hall–Kier alpha value is -1.30. The second kappa shape index (κ2) is 6.44. The molecule has 2 aromatic carbocycles. The van der Waals surface area contributed by atoms with E-state index in [0.29, 0.717) is 10.7 Å². The van der Waals surface area contributed by atoms with Crippen molar-refractivity contribution in [2.24, 2.45) is 0 Å². The van der Waals surface area contributed by atoms with Gasteiger partial charge in [0.25, 0.3) is 5.91 Å². The van der Waals surface area contributed by atoms with Crippen molar-refractivity contribution in [2.75, 3.05) is 10.7 Å². The van der Waals surface area contributed by atoms with E-state index in [-0.39, 0.29) is 17.6 Å². The number of benzene rings is 2. The minimum absolute atomic E-state index is 0.192. The van der Waals surface area contributed by atoms with E-state index in [0.717, 1.165) is 10.0 Å². The summed E-state index contributed by atoms with van der Waals surface area (Å²) in [6.45, 7) is 0. The molecule has 6 heteroatoms. The molecule has 0 bridgehead atoms. The van der Waals surface area contributed by atoms with Crippen LogP contribution in [-0.4, -0.2) is 17.6 Å². The molecule has 0 spiro atoms. The first-order valence-electron chi connectivity index (χ1n) is 6.56. The van der Waals surface area contributed by atoms with E-state index < -0.39 is 5.25 Å². The van der Waals surface area contributed by atoms with Crippen LogP contribution >= 0.6 is 39.3 Å². The van der Waals surface area contributed by atoms with E-state index in [2.05, 4.69) is 15.9 Å². The number of anilines is 1. The zero-order valence-electron chi connectivity index (χ0n) is 11.3. The topological polar surface area (TPSA) is 37.4 Å². The Morgan fingerprint density at radius 3 is 2.32 bits per heavy atom. The summed E-state index contributed by atoms with van der Waals surface area (Å²) in [5.41, 5.74) is 1.45. The number of imide groups is 1. The Bertz CT molecular complexity index is 718. The molecule has 1 fully saturated rings. The molecule has 1 aliphatic heterocycles. The number of carbonyl (C=O) groups excluding carboxylic acids is 2. The van der Waals surface area contributed by atoms with Crippen molar-refractivity contribution in [3.8, 4) is 0 Å². The van der Waals surface area contributed by atoms with Gasteiger partial charge in [-0.05, 0) is 42.0 Å². The highest BCUT2D eigenvalue weighted by molar-refractivity contribution is 9.10. The summed E-state index contributed by atoms with van der Waals surface area (Å²) in [7, 11) is 0. The summed E-state index contributed by atoms with van der Waals surface area (Å²) in [5, 5.41) is 0.233. The zero-order chi connectivity index (χ0) is 15.7. The summed E-state index contributed by atoms with van der Waals surface area (Å²) < 4.78 is 0.900. The lowest BCUT2D eigenvalue weighted by molar-refractivity contribution is -0.125. The van der Waals surface area contributed by atoms with Gasteiger partial charge in [-0.1, -0.05) is 39.7 Å². The molecule has 3 rings (SSSR count). The van der Waals surface area contributed by atoms with Gasteiger partial charge >= 0.3 is 0 Å². The van der Waals surface area contributed by atoms with Crippen molar-refractivity contribution >= 4 is 56.8 Å². The molecule has 112 valence electrons. The second-order valence-corrected chi connectivity index (χ2v) is 7.23. The Kier molecular flexibility index (Phi) is 4.57. The van der Waals surface area contributed by atoms with Gasteiger partial charge in [0.1, 0.15) is 5.25 Å². The van der Waals surface area contributed by atoms with Crippen LogP contribution in [-0.2, 0) is 9.59 Å². The van der Waals surface area contributed by atoms with E-state index >= 15 is 0 Å². The van der Waals surface area contributed by atoms with Gasteiger partial charge in [0.05, 0.1) is 11.4 Å². The van der Waals surface area contributed by atoms with Crippen LogP contribution in [0.2, 0.25) is 5.02 Å². The normalized spacial score (nSPS) is 18.6. The molecule has 0 unspecified atom stereocenters. The average Bonchev–Trinajstić information content (AvgIpc) is 2.51. The molecule has 0 aromatic heterocycles. The van der Waals surface area contributed by atoms with Crippen molar-refractivity contribution in [3.63, 3.8) is 0 Å². The maximum atomic E-state index is 12.7. The third-order valence-corrected chi connectivity index (χ3v) is 5.33. The molecule has 1 saturated heterocycles. The zero-order valence-corrected chi connectivity index (χ0v) is 14.5. The number of hydrogen-bond acceptors (Lipinski definition) is 3. The van der Waals surface area contributed by atoms with E-state index in [1.807, 2.05) is 24.3 Å². The first-order chi connectivity index (χ1) is 10.6. The predicted molar refractivity (Wildman–Crippen MR) is 93.3 cm³/mol. The number of hydrogen-bond donors (Lipinski definition) is 0. The van der Waals surface area contributed by atoms with Crippen LogP contribution in [0.15, 0.2) is 53.0 Å². The molecule has 0 radical (unpaired) electrons. The van der Waals surface area contributed by atoms with Crippen LogP contribution in [0.5, 0.6) is 0 Å². The molecule has 1 heterocycles. The largest absolute Gasteiger partial charge is 0.273 e. The standard InChI is InChI=1S/C16H11BrClNO2S/c17-11-3-7-13(8-4-11)19-14(20)9-22-15(16(19)21)10-1-5-12(18)6-2-10/h1-8,15H,9H2/t15-/m1/s1. The van der Waals surface area contributed by atoms with Crippen LogP contribution in [0.3, 0.4) is 0 Å². The van der Waals surface area contributed by atoms with Gasteiger partial charge in [0, 0.05) is 9.50 Å². The van der Waals surface area contributed by atoms with Gasteiger partial charge in [-0.2, -0.15) is 0 Å². The number of thioether (sulfide) groups is 1. The van der Waals surface area contributed by atoms with Gasteiger partial charge in [-0.3, -0.25) is 9.59 Å². The molecular weight excluding hydrogens is 386 g/mol. The summed E-state index contributed by atoms with van der Waals surface area (Å²) in [6.07, 6.45) is 0. The van der Waals surface area contributed by atoms with Gasteiger partial charge in [-0.15, -0.1) is 11.8 Å². The number of carbonyl (C=O) groups is 2. The monoisotopic (exact) mass is 395 g/mol. The van der Waals surface area contributed by atoms with Crippen molar-refractivity contribution in [1.29, 1.82) is 0 Å². The number of rotatable bonds is 2. The minimum Gasteiger partial charge on any atom is -0.273 e. The molecule has 2 amide bonds. The number of nitrogens with zero attached hydrogens (tertiary/aromatic N) is 1. The first-order valence-corrected chi connectivity index (χ1v) is 8.77.